The molecular weight excluding hydrogens is 531 g/mol. The average Bonchev–Trinajstić information content (AvgIpc) is 3.19. The van der Waals surface area contributed by atoms with E-state index >= 15 is 0 Å². The van der Waals surface area contributed by atoms with Gasteiger partial charge in [-0.15, -0.1) is 24.0 Å². The van der Waals surface area contributed by atoms with Crippen molar-refractivity contribution >= 4 is 40.0 Å². The van der Waals surface area contributed by atoms with Crippen LogP contribution in [0.25, 0.3) is 0 Å². The maximum atomic E-state index is 12.0. The number of hydrogen-bond donors (Lipinski definition) is 4. The zero-order valence-corrected chi connectivity index (χ0v) is 21.5. The summed E-state index contributed by atoms with van der Waals surface area (Å²) < 4.78 is 32.0. The van der Waals surface area contributed by atoms with Gasteiger partial charge >= 0.3 is 0 Å². The molecular formula is C21H33IN4O4S. The summed E-state index contributed by atoms with van der Waals surface area (Å²) in [6.45, 7) is 8.53. The Morgan fingerprint density at radius 3 is 2.35 bits per heavy atom. The van der Waals surface area contributed by atoms with Crippen LogP contribution in [0.2, 0.25) is 0 Å². The zero-order valence-electron chi connectivity index (χ0n) is 18.4. The Hall–Kier alpha value is -1.63. The van der Waals surface area contributed by atoms with Gasteiger partial charge in [0, 0.05) is 12.6 Å². The molecule has 174 valence electrons. The van der Waals surface area contributed by atoms with Crippen molar-refractivity contribution in [2.24, 2.45) is 4.99 Å². The summed E-state index contributed by atoms with van der Waals surface area (Å²) in [4.78, 5) is 4.53. The maximum Gasteiger partial charge on any atom is 0.216 e. The number of benzene rings is 1. The highest BCUT2D eigenvalue weighted by molar-refractivity contribution is 14.0. The van der Waals surface area contributed by atoms with E-state index in [1.54, 1.807) is 45.0 Å². The van der Waals surface area contributed by atoms with Crippen LogP contribution in [0.4, 0.5) is 0 Å². The first-order valence-electron chi connectivity index (χ1n) is 9.97. The Kier molecular flexibility index (Phi) is 11.0. The highest BCUT2D eigenvalue weighted by Crippen LogP contribution is 2.19. The first-order valence-corrected chi connectivity index (χ1v) is 11.6. The molecule has 0 aliphatic heterocycles. The lowest BCUT2D eigenvalue weighted by molar-refractivity contribution is 0.0386. The van der Waals surface area contributed by atoms with Crippen LogP contribution in [0.15, 0.2) is 52.1 Å². The normalized spacial score (nSPS) is 14.1. The van der Waals surface area contributed by atoms with Crippen molar-refractivity contribution in [3.05, 3.63) is 59.5 Å². The molecule has 1 atom stereocenters. The molecule has 1 aromatic carbocycles. The monoisotopic (exact) mass is 564 g/mol. The SMILES string of the molecule is CCNC(=NCc1ccc(CS(=O)(=O)NC(C)C)cc1)NCC(C)(O)c1ccco1.I. The fraction of sp³-hybridized carbons (Fsp3) is 0.476. The highest BCUT2D eigenvalue weighted by atomic mass is 127. The van der Waals surface area contributed by atoms with Crippen LogP contribution in [0.1, 0.15) is 44.6 Å². The first kappa shape index (κ1) is 27.4. The van der Waals surface area contributed by atoms with Crippen molar-refractivity contribution in [1.29, 1.82) is 0 Å². The maximum absolute atomic E-state index is 12.0. The minimum absolute atomic E-state index is 0. The van der Waals surface area contributed by atoms with Crippen molar-refractivity contribution in [2.45, 2.75) is 51.6 Å². The lowest BCUT2D eigenvalue weighted by Crippen LogP contribution is -2.44. The van der Waals surface area contributed by atoms with Gasteiger partial charge in [-0.25, -0.2) is 18.1 Å². The van der Waals surface area contributed by atoms with Crippen LogP contribution in [0, 0.1) is 0 Å². The van der Waals surface area contributed by atoms with Gasteiger partial charge in [0.25, 0.3) is 0 Å². The van der Waals surface area contributed by atoms with Crippen LogP contribution >= 0.6 is 24.0 Å². The van der Waals surface area contributed by atoms with E-state index in [0.717, 1.165) is 11.1 Å². The molecule has 2 rings (SSSR count). The van der Waals surface area contributed by atoms with E-state index in [9.17, 15) is 13.5 Å². The van der Waals surface area contributed by atoms with E-state index in [4.69, 9.17) is 4.42 Å². The molecule has 0 saturated heterocycles. The second kappa shape index (κ2) is 12.4. The molecule has 1 heterocycles. The summed E-state index contributed by atoms with van der Waals surface area (Å²) in [5.74, 6) is 0.987. The molecule has 8 nitrogen and oxygen atoms in total. The number of hydrogen-bond acceptors (Lipinski definition) is 5. The van der Waals surface area contributed by atoms with E-state index in [1.165, 1.54) is 6.26 Å². The number of nitrogens with zero attached hydrogens (tertiary/aromatic N) is 1. The quantitative estimate of drug-likeness (QED) is 0.201. The third kappa shape index (κ3) is 9.58. The molecule has 10 heteroatoms. The van der Waals surface area contributed by atoms with Gasteiger partial charge in [-0.2, -0.15) is 0 Å². The number of aliphatic imine (C=N–C) groups is 1. The average molecular weight is 564 g/mol. The molecule has 4 N–H and O–H groups in total. The van der Waals surface area contributed by atoms with Crippen LogP contribution < -0.4 is 15.4 Å². The molecule has 0 bridgehead atoms. The van der Waals surface area contributed by atoms with Gasteiger partial charge < -0.3 is 20.2 Å². The number of sulfonamides is 1. The molecule has 0 spiro atoms. The lowest BCUT2D eigenvalue weighted by Gasteiger charge is -2.22. The van der Waals surface area contributed by atoms with Crippen molar-refractivity contribution in [2.75, 3.05) is 13.1 Å². The smallest absolute Gasteiger partial charge is 0.216 e. The molecule has 1 aromatic heterocycles. The standard InChI is InChI=1S/C21H32N4O4S.HI/c1-5-22-20(24-15-21(4,26)19-7-6-12-29-19)23-13-17-8-10-18(11-9-17)14-30(27,28)25-16(2)3;/h6-12,16,25-26H,5,13-15H2,1-4H3,(H2,22,23,24);1H. The third-order valence-corrected chi connectivity index (χ3v) is 5.75. The Balaban J connectivity index is 0.00000480. The topological polar surface area (TPSA) is 116 Å². The first-order chi connectivity index (χ1) is 14.1. The van der Waals surface area contributed by atoms with Gasteiger partial charge in [0.2, 0.25) is 10.0 Å². The lowest BCUT2D eigenvalue weighted by atomic mass is 10.0. The Labute approximate surface area is 202 Å². The molecule has 0 amide bonds. The van der Waals surface area contributed by atoms with Gasteiger partial charge in [0.15, 0.2) is 5.96 Å². The number of aliphatic hydroxyl groups is 1. The summed E-state index contributed by atoms with van der Waals surface area (Å²) in [7, 11) is -3.35. The van der Waals surface area contributed by atoms with Gasteiger partial charge in [-0.05, 0) is 51.0 Å². The third-order valence-electron chi connectivity index (χ3n) is 4.21. The van der Waals surface area contributed by atoms with Gasteiger partial charge in [0.1, 0.15) is 11.4 Å². The molecule has 31 heavy (non-hydrogen) atoms. The van der Waals surface area contributed by atoms with Gasteiger partial charge in [-0.3, -0.25) is 0 Å². The zero-order chi connectivity index (χ0) is 22.2. The van der Waals surface area contributed by atoms with Crippen molar-refractivity contribution in [3.63, 3.8) is 0 Å². The summed E-state index contributed by atoms with van der Waals surface area (Å²) in [6, 6.07) is 10.7. The van der Waals surface area contributed by atoms with E-state index in [-0.39, 0.29) is 42.3 Å². The summed E-state index contributed by atoms with van der Waals surface area (Å²) in [5.41, 5.74) is 0.495. The highest BCUT2D eigenvalue weighted by Gasteiger charge is 2.26. The predicted octanol–water partition coefficient (Wildman–Crippen LogP) is 2.69. The van der Waals surface area contributed by atoms with E-state index in [1.807, 2.05) is 19.1 Å². The van der Waals surface area contributed by atoms with Crippen molar-refractivity contribution < 1.29 is 17.9 Å². The minimum atomic E-state index is -3.35. The molecule has 2 aromatic rings. The van der Waals surface area contributed by atoms with E-state index in [2.05, 4.69) is 20.3 Å². The molecule has 0 radical (unpaired) electrons. The summed E-state index contributed by atoms with van der Waals surface area (Å²) in [5, 5.41) is 16.8. The molecule has 0 aliphatic carbocycles. The fourth-order valence-corrected chi connectivity index (χ4v) is 4.23. The summed E-state index contributed by atoms with van der Waals surface area (Å²) in [6.07, 6.45) is 1.52. The number of nitrogens with one attached hydrogen (secondary N) is 3. The molecule has 0 aliphatic rings. The predicted molar refractivity (Wildman–Crippen MR) is 134 cm³/mol. The Bertz CT molecular complexity index is 911. The van der Waals surface area contributed by atoms with Crippen LogP contribution in [-0.4, -0.2) is 38.6 Å². The van der Waals surface area contributed by atoms with Crippen molar-refractivity contribution in [1.82, 2.24) is 15.4 Å². The van der Waals surface area contributed by atoms with E-state index < -0.39 is 15.6 Å². The van der Waals surface area contributed by atoms with Crippen LogP contribution in [-0.2, 0) is 27.9 Å². The number of guanidine groups is 1. The Morgan fingerprint density at radius 2 is 1.81 bits per heavy atom. The number of furan rings is 1. The number of rotatable bonds is 10. The second-order valence-corrected chi connectivity index (χ2v) is 9.40. The minimum Gasteiger partial charge on any atom is -0.466 e. The Morgan fingerprint density at radius 1 is 1.16 bits per heavy atom. The molecule has 0 saturated carbocycles. The molecule has 0 fully saturated rings. The largest absolute Gasteiger partial charge is 0.466 e. The molecule has 1 unspecified atom stereocenters. The fourth-order valence-electron chi connectivity index (χ4n) is 2.80. The second-order valence-electron chi connectivity index (χ2n) is 7.65. The summed E-state index contributed by atoms with van der Waals surface area (Å²) >= 11 is 0. The van der Waals surface area contributed by atoms with Gasteiger partial charge in [0.05, 0.1) is 25.1 Å². The number of halogens is 1. The van der Waals surface area contributed by atoms with Crippen LogP contribution in [0.5, 0.6) is 0 Å². The van der Waals surface area contributed by atoms with E-state index in [0.29, 0.717) is 24.8 Å². The van der Waals surface area contributed by atoms with Crippen molar-refractivity contribution in [3.8, 4) is 0 Å². The van der Waals surface area contributed by atoms with Gasteiger partial charge in [-0.1, -0.05) is 24.3 Å². The van der Waals surface area contributed by atoms with Crippen LogP contribution in [0.3, 0.4) is 0 Å².